The SMILES string of the molecule is O=C(CCc1cccc(Cl)c1)N1CCN(Cc2cccs2)CC1. The molecule has 0 saturated carbocycles. The van der Waals surface area contributed by atoms with Crippen LogP contribution in [-0.4, -0.2) is 41.9 Å². The number of aryl methyl sites for hydroxylation is 1. The molecule has 122 valence electrons. The van der Waals surface area contributed by atoms with Gasteiger partial charge in [-0.15, -0.1) is 11.3 Å². The number of amides is 1. The fourth-order valence-corrected chi connectivity index (χ4v) is 3.84. The molecule has 2 aromatic rings. The third kappa shape index (κ3) is 4.80. The highest BCUT2D eigenvalue weighted by molar-refractivity contribution is 7.09. The first kappa shape index (κ1) is 16.5. The largest absolute Gasteiger partial charge is 0.340 e. The summed E-state index contributed by atoms with van der Waals surface area (Å²) in [5.41, 5.74) is 1.13. The molecule has 0 radical (unpaired) electrons. The van der Waals surface area contributed by atoms with Gasteiger partial charge >= 0.3 is 0 Å². The van der Waals surface area contributed by atoms with Crippen LogP contribution in [0.25, 0.3) is 0 Å². The number of halogens is 1. The smallest absolute Gasteiger partial charge is 0.222 e. The Bertz CT molecular complexity index is 636. The van der Waals surface area contributed by atoms with Crippen molar-refractivity contribution in [2.75, 3.05) is 26.2 Å². The van der Waals surface area contributed by atoms with Crippen molar-refractivity contribution < 1.29 is 4.79 Å². The summed E-state index contributed by atoms with van der Waals surface area (Å²) in [7, 11) is 0. The van der Waals surface area contributed by atoms with E-state index in [-0.39, 0.29) is 5.91 Å². The van der Waals surface area contributed by atoms with Gasteiger partial charge < -0.3 is 4.90 Å². The number of rotatable bonds is 5. The van der Waals surface area contributed by atoms with Crippen LogP contribution in [0.1, 0.15) is 16.9 Å². The highest BCUT2D eigenvalue weighted by Crippen LogP contribution is 2.15. The first-order valence-electron chi connectivity index (χ1n) is 7.98. The maximum absolute atomic E-state index is 12.4. The van der Waals surface area contributed by atoms with E-state index in [0.29, 0.717) is 6.42 Å². The first-order chi connectivity index (χ1) is 11.2. The third-order valence-corrected chi connectivity index (χ3v) is 5.30. The minimum absolute atomic E-state index is 0.251. The van der Waals surface area contributed by atoms with Crippen molar-refractivity contribution >= 4 is 28.8 Å². The monoisotopic (exact) mass is 348 g/mol. The van der Waals surface area contributed by atoms with E-state index in [4.69, 9.17) is 11.6 Å². The summed E-state index contributed by atoms with van der Waals surface area (Å²) >= 11 is 7.78. The zero-order chi connectivity index (χ0) is 16.1. The van der Waals surface area contributed by atoms with Gasteiger partial charge in [0.2, 0.25) is 5.91 Å². The zero-order valence-corrected chi connectivity index (χ0v) is 14.7. The van der Waals surface area contributed by atoms with E-state index in [1.807, 2.05) is 29.2 Å². The number of benzene rings is 1. The van der Waals surface area contributed by atoms with E-state index in [1.54, 1.807) is 11.3 Å². The number of thiophene rings is 1. The van der Waals surface area contributed by atoms with Gasteiger partial charge in [0.1, 0.15) is 0 Å². The van der Waals surface area contributed by atoms with Crippen molar-refractivity contribution in [1.29, 1.82) is 0 Å². The molecule has 0 bridgehead atoms. The molecule has 5 heteroatoms. The second-order valence-corrected chi connectivity index (χ2v) is 7.33. The van der Waals surface area contributed by atoms with Gasteiger partial charge in [-0.25, -0.2) is 0 Å². The van der Waals surface area contributed by atoms with Crippen molar-refractivity contribution in [1.82, 2.24) is 9.80 Å². The van der Waals surface area contributed by atoms with Crippen LogP contribution in [0, 0.1) is 0 Å². The molecule has 1 aliphatic rings. The lowest BCUT2D eigenvalue weighted by Gasteiger charge is -2.34. The van der Waals surface area contributed by atoms with E-state index in [9.17, 15) is 4.79 Å². The third-order valence-electron chi connectivity index (χ3n) is 4.20. The average molecular weight is 349 g/mol. The number of piperazine rings is 1. The minimum atomic E-state index is 0.251. The van der Waals surface area contributed by atoms with Crippen LogP contribution in [0.15, 0.2) is 41.8 Å². The van der Waals surface area contributed by atoms with Gasteiger partial charge in [0.15, 0.2) is 0 Å². The lowest BCUT2D eigenvalue weighted by atomic mass is 10.1. The van der Waals surface area contributed by atoms with Crippen molar-refractivity contribution in [2.24, 2.45) is 0 Å². The Morgan fingerprint density at radius 1 is 1.13 bits per heavy atom. The highest BCUT2D eigenvalue weighted by Gasteiger charge is 2.20. The molecule has 0 unspecified atom stereocenters. The summed E-state index contributed by atoms with van der Waals surface area (Å²) in [5, 5.41) is 2.85. The van der Waals surface area contributed by atoms with Gasteiger partial charge in [-0.1, -0.05) is 29.8 Å². The molecular formula is C18H21ClN2OS. The number of carbonyl (C=O) groups is 1. The maximum Gasteiger partial charge on any atom is 0.222 e. The fraction of sp³-hybridized carbons (Fsp3) is 0.389. The second kappa shape index (κ2) is 7.95. The summed E-state index contributed by atoms with van der Waals surface area (Å²) in [5.74, 6) is 0.251. The Hall–Kier alpha value is -1.36. The Morgan fingerprint density at radius 2 is 1.96 bits per heavy atom. The predicted molar refractivity (Wildman–Crippen MR) is 95.9 cm³/mol. The molecule has 1 saturated heterocycles. The van der Waals surface area contributed by atoms with Crippen molar-refractivity contribution in [2.45, 2.75) is 19.4 Å². The number of nitrogens with zero attached hydrogens (tertiary/aromatic N) is 2. The van der Waals surface area contributed by atoms with Gasteiger partial charge in [0.25, 0.3) is 0 Å². The molecule has 3 nitrogen and oxygen atoms in total. The van der Waals surface area contributed by atoms with Crippen LogP contribution >= 0.6 is 22.9 Å². The highest BCUT2D eigenvalue weighted by atomic mass is 35.5. The number of carbonyl (C=O) groups excluding carboxylic acids is 1. The number of hydrogen-bond acceptors (Lipinski definition) is 3. The Kier molecular flexibility index (Phi) is 5.70. The molecule has 0 N–H and O–H groups in total. The molecule has 23 heavy (non-hydrogen) atoms. The topological polar surface area (TPSA) is 23.6 Å². The van der Waals surface area contributed by atoms with Crippen LogP contribution in [0.2, 0.25) is 5.02 Å². The summed E-state index contributed by atoms with van der Waals surface area (Å²) in [6, 6.07) is 12.0. The standard InChI is InChI=1S/C18H21ClN2OS/c19-16-4-1-3-15(13-16)6-7-18(22)21-10-8-20(9-11-21)14-17-5-2-12-23-17/h1-5,12-13H,6-11,14H2. The second-order valence-electron chi connectivity index (χ2n) is 5.87. The van der Waals surface area contributed by atoms with Gasteiger partial charge in [-0.2, -0.15) is 0 Å². The summed E-state index contributed by atoms with van der Waals surface area (Å²) in [4.78, 5) is 18.2. The van der Waals surface area contributed by atoms with Crippen molar-refractivity contribution in [3.8, 4) is 0 Å². The predicted octanol–water partition coefficient (Wildman–Crippen LogP) is 3.68. The van der Waals surface area contributed by atoms with Crippen LogP contribution in [-0.2, 0) is 17.8 Å². The van der Waals surface area contributed by atoms with Gasteiger partial charge in [-0.05, 0) is 35.6 Å². The molecule has 1 aromatic heterocycles. The van der Waals surface area contributed by atoms with Crippen LogP contribution in [0.3, 0.4) is 0 Å². The lowest BCUT2D eigenvalue weighted by molar-refractivity contribution is -0.132. The normalized spacial score (nSPS) is 15.8. The first-order valence-corrected chi connectivity index (χ1v) is 9.23. The molecule has 0 aliphatic carbocycles. The Morgan fingerprint density at radius 3 is 2.65 bits per heavy atom. The van der Waals surface area contributed by atoms with Gasteiger partial charge in [0, 0.05) is 49.0 Å². The maximum atomic E-state index is 12.4. The Balaban J connectivity index is 1.43. The fourth-order valence-electron chi connectivity index (χ4n) is 2.88. The zero-order valence-electron chi connectivity index (χ0n) is 13.1. The molecular weight excluding hydrogens is 328 g/mol. The quantitative estimate of drug-likeness (QED) is 0.823. The number of hydrogen-bond donors (Lipinski definition) is 0. The van der Waals surface area contributed by atoms with Crippen LogP contribution in [0.4, 0.5) is 0 Å². The molecule has 0 atom stereocenters. The Labute approximate surface area is 146 Å². The van der Waals surface area contributed by atoms with Gasteiger partial charge in [-0.3, -0.25) is 9.69 Å². The molecule has 1 aliphatic heterocycles. The van der Waals surface area contributed by atoms with E-state index >= 15 is 0 Å². The van der Waals surface area contributed by atoms with Gasteiger partial charge in [0.05, 0.1) is 0 Å². The summed E-state index contributed by atoms with van der Waals surface area (Å²) in [6.45, 7) is 4.59. The summed E-state index contributed by atoms with van der Waals surface area (Å²) in [6.07, 6.45) is 1.32. The molecule has 1 amide bonds. The molecule has 1 fully saturated rings. The summed E-state index contributed by atoms with van der Waals surface area (Å²) < 4.78 is 0. The molecule has 2 heterocycles. The van der Waals surface area contributed by atoms with Crippen LogP contribution in [0.5, 0.6) is 0 Å². The van der Waals surface area contributed by atoms with E-state index in [2.05, 4.69) is 22.4 Å². The molecule has 0 spiro atoms. The van der Waals surface area contributed by atoms with Crippen molar-refractivity contribution in [3.05, 3.63) is 57.2 Å². The van der Waals surface area contributed by atoms with E-state index in [0.717, 1.165) is 49.7 Å². The van der Waals surface area contributed by atoms with Crippen LogP contribution < -0.4 is 0 Å². The average Bonchev–Trinajstić information content (AvgIpc) is 3.06. The lowest BCUT2D eigenvalue weighted by Crippen LogP contribution is -2.48. The molecule has 1 aromatic carbocycles. The molecule has 3 rings (SSSR count). The minimum Gasteiger partial charge on any atom is -0.340 e. The van der Waals surface area contributed by atoms with Crippen molar-refractivity contribution in [3.63, 3.8) is 0 Å². The van der Waals surface area contributed by atoms with E-state index in [1.165, 1.54) is 4.88 Å². The van der Waals surface area contributed by atoms with E-state index < -0.39 is 0 Å².